The second-order valence-electron chi connectivity index (χ2n) is 8.71. The zero-order valence-corrected chi connectivity index (χ0v) is 20.0. The van der Waals surface area contributed by atoms with Crippen LogP contribution in [0.15, 0.2) is 52.8 Å². The number of rotatable bonds is 7. The number of carbonyl (C=O) groups excluding carboxylic acids is 1. The van der Waals surface area contributed by atoms with Gasteiger partial charge in [0.15, 0.2) is 0 Å². The molecule has 4 atom stereocenters. The topological polar surface area (TPSA) is 96.7 Å². The Bertz CT molecular complexity index is 1220. The molecule has 0 bridgehead atoms. The van der Waals surface area contributed by atoms with Gasteiger partial charge in [-0.15, -0.1) is 11.3 Å². The van der Waals surface area contributed by atoms with Crippen LogP contribution in [0.5, 0.6) is 5.75 Å². The first kappa shape index (κ1) is 22.8. The van der Waals surface area contributed by atoms with Crippen molar-refractivity contribution in [2.75, 3.05) is 20.3 Å². The Hall–Kier alpha value is -3.01. The van der Waals surface area contributed by atoms with E-state index >= 15 is 0 Å². The fourth-order valence-electron chi connectivity index (χ4n) is 5.54. The Labute approximate surface area is 201 Å². The highest BCUT2D eigenvalue weighted by Crippen LogP contribution is 2.50. The number of aliphatic hydroxyl groups is 1. The molecule has 2 aliphatic heterocycles. The fraction of sp³-hybridized carbons (Fsp3) is 0.400. The van der Waals surface area contributed by atoms with Crippen molar-refractivity contribution in [2.45, 2.75) is 32.1 Å². The molecule has 0 radical (unpaired) electrons. The number of pyridine rings is 1. The van der Waals surface area contributed by atoms with Gasteiger partial charge in [-0.25, -0.2) is 4.98 Å². The highest BCUT2D eigenvalue weighted by Gasteiger charge is 2.55. The van der Waals surface area contributed by atoms with Crippen LogP contribution in [0.25, 0.3) is 11.1 Å². The molecule has 2 aliphatic rings. The lowest BCUT2D eigenvalue weighted by Gasteiger charge is -2.30. The number of nitrogens with zero attached hydrogens (tertiary/aromatic N) is 3. The smallest absolute Gasteiger partial charge is 0.258 e. The van der Waals surface area contributed by atoms with Crippen LogP contribution in [0.2, 0.25) is 0 Å². The van der Waals surface area contributed by atoms with Gasteiger partial charge in [-0.05, 0) is 36.8 Å². The number of fused-ring (bicyclic) bond motifs is 3. The lowest BCUT2D eigenvalue weighted by atomic mass is 9.88. The van der Waals surface area contributed by atoms with E-state index in [1.807, 2.05) is 53.3 Å². The van der Waals surface area contributed by atoms with Crippen molar-refractivity contribution < 1.29 is 14.6 Å². The Morgan fingerprint density at radius 2 is 2.06 bits per heavy atom. The Morgan fingerprint density at radius 3 is 2.71 bits per heavy atom. The normalized spacial score (nSPS) is 23.5. The van der Waals surface area contributed by atoms with Gasteiger partial charge in [-0.2, -0.15) is 0 Å². The third-order valence-electron chi connectivity index (χ3n) is 7.01. The van der Waals surface area contributed by atoms with Crippen molar-refractivity contribution >= 4 is 17.2 Å². The predicted octanol–water partition coefficient (Wildman–Crippen LogP) is 2.28. The quantitative estimate of drug-likeness (QED) is 0.539. The molecule has 9 heteroatoms. The number of nitrogens with one attached hydrogen (secondary N) is 1. The molecule has 0 aliphatic carbocycles. The number of thiazole rings is 1. The minimum Gasteiger partial charge on any atom is -0.497 e. The van der Waals surface area contributed by atoms with Crippen molar-refractivity contribution in [3.63, 3.8) is 0 Å². The van der Waals surface area contributed by atoms with Gasteiger partial charge in [0, 0.05) is 54.4 Å². The van der Waals surface area contributed by atoms with Crippen LogP contribution in [0, 0.1) is 11.8 Å². The van der Waals surface area contributed by atoms with Crippen LogP contribution >= 0.6 is 11.3 Å². The average molecular weight is 481 g/mol. The molecular formula is C25H28N4O4S. The second kappa shape index (κ2) is 9.32. The first-order valence-electron chi connectivity index (χ1n) is 11.5. The first-order valence-corrected chi connectivity index (χ1v) is 12.4. The maximum Gasteiger partial charge on any atom is 0.258 e. The summed E-state index contributed by atoms with van der Waals surface area (Å²) in [6, 6.07) is 10.7. The number of carbonyl (C=O) groups is 1. The van der Waals surface area contributed by atoms with E-state index < -0.39 is 6.04 Å². The average Bonchev–Trinajstić information content (AvgIpc) is 3.56. The van der Waals surface area contributed by atoms with Gasteiger partial charge in [-0.3, -0.25) is 14.5 Å². The van der Waals surface area contributed by atoms with Gasteiger partial charge in [0.2, 0.25) is 5.91 Å². The van der Waals surface area contributed by atoms with E-state index in [1.54, 1.807) is 24.6 Å². The molecule has 1 fully saturated rings. The summed E-state index contributed by atoms with van der Waals surface area (Å²) in [5.41, 5.74) is 2.28. The highest BCUT2D eigenvalue weighted by atomic mass is 32.1. The van der Waals surface area contributed by atoms with Crippen molar-refractivity contribution in [1.29, 1.82) is 0 Å². The monoisotopic (exact) mass is 480 g/mol. The van der Waals surface area contributed by atoms with E-state index in [9.17, 15) is 14.7 Å². The van der Waals surface area contributed by atoms with Gasteiger partial charge in [0.1, 0.15) is 10.8 Å². The number of ether oxygens (including phenoxy) is 1. The van der Waals surface area contributed by atoms with Gasteiger partial charge in [0.05, 0.1) is 25.7 Å². The lowest BCUT2D eigenvalue weighted by molar-refractivity contribution is -0.127. The molecule has 34 heavy (non-hydrogen) atoms. The van der Waals surface area contributed by atoms with Crippen LogP contribution in [0.1, 0.15) is 23.7 Å². The van der Waals surface area contributed by atoms with E-state index in [2.05, 4.69) is 15.2 Å². The Morgan fingerprint density at radius 1 is 1.26 bits per heavy atom. The molecule has 0 saturated carbocycles. The number of likely N-dealkylation sites (N-methyl/N-ethyl adjacent to an activating group) is 1. The number of aromatic nitrogens is 2. The summed E-state index contributed by atoms with van der Waals surface area (Å²) in [6.07, 6.45) is 1.76. The zero-order valence-electron chi connectivity index (χ0n) is 19.2. The second-order valence-corrected chi connectivity index (χ2v) is 9.69. The molecule has 0 unspecified atom stereocenters. The van der Waals surface area contributed by atoms with Crippen LogP contribution < -0.4 is 15.6 Å². The van der Waals surface area contributed by atoms with Gasteiger partial charge < -0.3 is 19.7 Å². The number of hydrogen-bond acceptors (Lipinski definition) is 7. The molecule has 1 saturated heterocycles. The van der Waals surface area contributed by atoms with E-state index in [-0.39, 0.29) is 36.0 Å². The molecule has 2 aromatic heterocycles. The molecule has 0 spiro atoms. The number of likely N-dealkylation sites (tertiary alicyclic amines) is 1. The largest absolute Gasteiger partial charge is 0.497 e. The summed E-state index contributed by atoms with van der Waals surface area (Å²) in [5.74, 6) is 0.326. The van der Waals surface area contributed by atoms with E-state index in [0.717, 1.165) is 22.0 Å². The molecule has 4 heterocycles. The standard InChI is InChI=1S/C25H28N4O4S/c1-3-26-24(31)23-19(14-30)18-12-28-20(22(18)29(23)13-21-27-10-11-34-21)9-8-17(25(28)32)15-4-6-16(33-2)7-5-15/h4-11,18-19,22-23,30H,3,12-14H2,1-2H3,(H,26,31)/t18-,19-,22+,23-/m0/s1. The third-order valence-corrected chi connectivity index (χ3v) is 7.78. The molecule has 3 aromatic rings. The molecule has 1 aromatic carbocycles. The van der Waals surface area contributed by atoms with Crippen molar-refractivity contribution in [2.24, 2.45) is 11.8 Å². The van der Waals surface area contributed by atoms with E-state index in [1.165, 1.54) is 0 Å². The van der Waals surface area contributed by atoms with Crippen LogP contribution in [-0.2, 0) is 17.9 Å². The third kappa shape index (κ3) is 3.73. The zero-order chi connectivity index (χ0) is 23.8. The highest BCUT2D eigenvalue weighted by molar-refractivity contribution is 7.09. The molecule has 5 rings (SSSR count). The minimum absolute atomic E-state index is 0.0450. The molecule has 178 valence electrons. The van der Waals surface area contributed by atoms with Crippen LogP contribution in [-0.4, -0.2) is 51.8 Å². The fourth-order valence-corrected chi connectivity index (χ4v) is 6.17. The van der Waals surface area contributed by atoms with Crippen molar-refractivity contribution in [3.05, 3.63) is 69.0 Å². The van der Waals surface area contributed by atoms with Crippen LogP contribution in [0.4, 0.5) is 0 Å². The molecule has 8 nitrogen and oxygen atoms in total. The number of amides is 1. The SMILES string of the molecule is CCNC(=O)[C@@H]1[C@@H](CO)[C@@H]2Cn3c(ccc(-c4ccc(OC)cc4)c3=O)[C@@H]2N1Cc1nccs1. The summed E-state index contributed by atoms with van der Waals surface area (Å²) in [5, 5.41) is 16.1. The summed E-state index contributed by atoms with van der Waals surface area (Å²) >= 11 is 1.54. The summed E-state index contributed by atoms with van der Waals surface area (Å²) < 4.78 is 7.06. The van der Waals surface area contributed by atoms with Gasteiger partial charge in [0.25, 0.3) is 5.56 Å². The lowest BCUT2D eigenvalue weighted by Crippen LogP contribution is -2.48. The Kier molecular flexibility index (Phi) is 6.24. The van der Waals surface area contributed by atoms with Gasteiger partial charge in [-0.1, -0.05) is 12.1 Å². The van der Waals surface area contributed by atoms with Crippen molar-refractivity contribution in [1.82, 2.24) is 19.8 Å². The number of methoxy groups -OCH3 is 1. The maximum absolute atomic E-state index is 13.5. The number of benzene rings is 1. The summed E-state index contributed by atoms with van der Waals surface area (Å²) in [7, 11) is 1.61. The van der Waals surface area contributed by atoms with Gasteiger partial charge >= 0.3 is 0 Å². The first-order chi connectivity index (χ1) is 16.6. The number of hydrogen-bond donors (Lipinski definition) is 2. The van der Waals surface area contributed by atoms with E-state index in [4.69, 9.17) is 4.74 Å². The van der Waals surface area contributed by atoms with E-state index in [0.29, 0.717) is 25.2 Å². The number of aliphatic hydroxyl groups excluding tert-OH is 1. The minimum atomic E-state index is -0.478. The summed E-state index contributed by atoms with van der Waals surface area (Å²) in [4.78, 5) is 33.2. The summed E-state index contributed by atoms with van der Waals surface area (Å²) in [6.45, 7) is 3.26. The molecule has 1 amide bonds. The molecular weight excluding hydrogens is 452 g/mol. The predicted molar refractivity (Wildman–Crippen MR) is 130 cm³/mol. The Balaban J connectivity index is 1.56. The van der Waals surface area contributed by atoms with Crippen molar-refractivity contribution in [3.8, 4) is 16.9 Å². The van der Waals surface area contributed by atoms with Crippen LogP contribution in [0.3, 0.4) is 0 Å². The molecule has 2 N–H and O–H groups in total. The maximum atomic E-state index is 13.5.